The van der Waals surface area contributed by atoms with Crippen LogP contribution in [0.15, 0.2) is 28.8 Å². The number of ether oxygens (including phenoxy) is 1. The van der Waals surface area contributed by atoms with Crippen LogP contribution in [0.5, 0.6) is 5.75 Å². The summed E-state index contributed by atoms with van der Waals surface area (Å²) in [5.74, 6) is 1.96. The lowest BCUT2D eigenvalue weighted by molar-refractivity contribution is -0.134. The number of rotatable bonds is 6. The third-order valence-electron chi connectivity index (χ3n) is 4.27. The maximum Gasteiger partial charge on any atom is 0.227 e. The first-order valence-electron chi connectivity index (χ1n) is 8.73. The second kappa shape index (κ2) is 9.54. The zero-order chi connectivity index (χ0) is 17.6. The molecule has 1 atom stereocenters. The standard InChI is InChI=1S/C18H24N4O3.ClH/c1-3-24-15-6-4-14(5-7-15)18-20-16(25-21-18)8-9-17(23)22-11-10-19-12-13(22)2;/h4-7,13,19H,3,8-12H2,1-2H3;1H. The van der Waals surface area contributed by atoms with E-state index in [-0.39, 0.29) is 24.4 Å². The van der Waals surface area contributed by atoms with Gasteiger partial charge in [-0.05, 0) is 38.1 Å². The first-order valence-corrected chi connectivity index (χ1v) is 8.73. The first kappa shape index (κ1) is 20.2. The Morgan fingerprint density at radius 1 is 1.38 bits per heavy atom. The van der Waals surface area contributed by atoms with E-state index in [1.807, 2.05) is 36.1 Å². The van der Waals surface area contributed by atoms with Gasteiger partial charge in [0, 0.05) is 44.1 Å². The molecule has 1 aliphatic heterocycles. The van der Waals surface area contributed by atoms with Gasteiger partial charge in [-0.1, -0.05) is 5.16 Å². The molecule has 142 valence electrons. The Bertz CT molecular complexity index is 705. The molecule has 1 N–H and O–H groups in total. The van der Waals surface area contributed by atoms with Crippen LogP contribution in [0.4, 0.5) is 0 Å². The van der Waals surface area contributed by atoms with Gasteiger partial charge in [0.05, 0.1) is 6.61 Å². The van der Waals surface area contributed by atoms with Crippen molar-refractivity contribution in [3.05, 3.63) is 30.2 Å². The van der Waals surface area contributed by atoms with Crippen molar-refractivity contribution >= 4 is 18.3 Å². The van der Waals surface area contributed by atoms with Gasteiger partial charge in [0.1, 0.15) is 5.75 Å². The number of halogens is 1. The van der Waals surface area contributed by atoms with Gasteiger partial charge in [0.2, 0.25) is 17.6 Å². The largest absolute Gasteiger partial charge is 0.494 e. The average molecular weight is 381 g/mol. The van der Waals surface area contributed by atoms with Crippen LogP contribution < -0.4 is 10.1 Å². The van der Waals surface area contributed by atoms with E-state index in [2.05, 4.69) is 22.4 Å². The molecule has 8 heteroatoms. The molecule has 0 bridgehead atoms. The Labute approximate surface area is 159 Å². The minimum atomic E-state index is 0. The van der Waals surface area contributed by atoms with Crippen molar-refractivity contribution < 1.29 is 14.1 Å². The number of amides is 1. The quantitative estimate of drug-likeness (QED) is 0.828. The summed E-state index contributed by atoms with van der Waals surface area (Å²) < 4.78 is 10.7. The summed E-state index contributed by atoms with van der Waals surface area (Å²) in [6, 6.07) is 7.78. The number of benzene rings is 1. The Morgan fingerprint density at radius 2 is 2.15 bits per heavy atom. The van der Waals surface area contributed by atoms with E-state index in [0.29, 0.717) is 31.2 Å². The summed E-state index contributed by atoms with van der Waals surface area (Å²) in [4.78, 5) is 18.7. The zero-order valence-electron chi connectivity index (χ0n) is 15.1. The monoisotopic (exact) mass is 380 g/mol. The molecule has 1 unspecified atom stereocenters. The van der Waals surface area contributed by atoms with Crippen LogP contribution in [0, 0.1) is 0 Å². The highest BCUT2D eigenvalue weighted by Crippen LogP contribution is 2.20. The summed E-state index contributed by atoms with van der Waals surface area (Å²) in [5.41, 5.74) is 0.862. The van der Waals surface area contributed by atoms with Crippen molar-refractivity contribution in [3.63, 3.8) is 0 Å². The highest BCUT2D eigenvalue weighted by Gasteiger charge is 2.23. The van der Waals surface area contributed by atoms with Crippen molar-refractivity contribution in [1.29, 1.82) is 0 Å². The smallest absolute Gasteiger partial charge is 0.227 e. The lowest BCUT2D eigenvalue weighted by Gasteiger charge is -2.34. The molecule has 2 aromatic rings. The molecular weight excluding hydrogens is 356 g/mol. The molecule has 1 amide bonds. The third-order valence-corrected chi connectivity index (χ3v) is 4.27. The van der Waals surface area contributed by atoms with Crippen LogP contribution in [-0.4, -0.2) is 53.2 Å². The number of piperazine rings is 1. The number of aryl methyl sites for hydroxylation is 1. The lowest BCUT2D eigenvalue weighted by atomic mass is 10.2. The highest BCUT2D eigenvalue weighted by molar-refractivity contribution is 5.85. The highest BCUT2D eigenvalue weighted by atomic mass is 35.5. The van der Waals surface area contributed by atoms with E-state index in [9.17, 15) is 4.79 Å². The van der Waals surface area contributed by atoms with Crippen LogP contribution in [0.1, 0.15) is 26.2 Å². The molecule has 2 heterocycles. The van der Waals surface area contributed by atoms with E-state index >= 15 is 0 Å². The summed E-state index contributed by atoms with van der Waals surface area (Å²) in [7, 11) is 0. The molecular formula is C18H25ClN4O3. The fourth-order valence-electron chi connectivity index (χ4n) is 2.91. The molecule has 1 aromatic carbocycles. The Hall–Kier alpha value is -2.12. The Balaban J connectivity index is 0.00000243. The maximum atomic E-state index is 12.4. The second-order valence-electron chi connectivity index (χ2n) is 6.11. The summed E-state index contributed by atoms with van der Waals surface area (Å²) in [5, 5.41) is 7.29. The van der Waals surface area contributed by atoms with Crippen LogP contribution >= 0.6 is 12.4 Å². The van der Waals surface area contributed by atoms with Crippen LogP contribution in [0.3, 0.4) is 0 Å². The first-order chi connectivity index (χ1) is 12.2. The van der Waals surface area contributed by atoms with Gasteiger partial charge < -0.3 is 19.5 Å². The fraction of sp³-hybridized carbons (Fsp3) is 0.500. The number of carbonyl (C=O) groups is 1. The van der Waals surface area contributed by atoms with E-state index in [1.54, 1.807) is 0 Å². The normalized spacial score (nSPS) is 16.8. The van der Waals surface area contributed by atoms with Gasteiger partial charge in [-0.2, -0.15) is 4.98 Å². The molecule has 26 heavy (non-hydrogen) atoms. The molecule has 3 rings (SSSR count). The van der Waals surface area contributed by atoms with Gasteiger partial charge in [-0.3, -0.25) is 4.79 Å². The van der Waals surface area contributed by atoms with Gasteiger partial charge in [-0.15, -0.1) is 12.4 Å². The number of nitrogens with zero attached hydrogens (tertiary/aromatic N) is 3. The van der Waals surface area contributed by atoms with Crippen LogP contribution in [0.2, 0.25) is 0 Å². The number of hydrogen-bond donors (Lipinski definition) is 1. The van der Waals surface area contributed by atoms with E-state index in [1.165, 1.54) is 0 Å². The average Bonchev–Trinajstić information content (AvgIpc) is 3.10. The molecule has 7 nitrogen and oxygen atoms in total. The van der Waals surface area contributed by atoms with Crippen molar-refractivity contribution in [2.45, 2.75) is 32.7 Å². The Morgan fingerprint density at radius 3 is 2.85 bits per heavy atom. The summed E-state index contributed by atoms with van der Waals surface area (Å²) in [6.07, 6.45) is 0.842. The van der Waals surface area contributed by atoms with Crippen molar-refractivity contribution in [1.82, 2.24) is 20.4 Å². The number of nitrogens with one attached hydrogen (secondary N) is 1. The summed E-state index contributed by atoms with van der Waals surface area (Å²) >= 11 is 0. The van der Waals surface area contributed by atoms with Gasteiger partial charge >= 0.3 is 0 Å². The van der Waals surface area contributed by atoms with Crippen molar-refractivity contribution in [2.75, 3.05) is 26.2 Å². The topological polar surface area (TPSA) is 80.5 Å². The van der Waals surface area contributed by atoms with Crippen molar-refractivity contribution in [2.24, 2.45) is 0 Å². The van der Waals surface area contributed by atoms with Crippen LogP contribution in [0.25, 0.3) is 11.4 Å². The second-order valence-corrected chi connectivity index (χ2v) is 6.11. The molecule has 1 aliphatic rings. The SMILES string of the molecule is CCOc1ccc(-c2noc(CCC(=O)N3CCNCC3C)n2)cc1.Cl. The zero-order valence-corrected chi connectivity index (χ0v) is 15.9. The number of hydrogen-bond acceptors (Lipinski definition) is 6. The molecule has 1 fully saturated rings. The minimum absolute atomic E-state index is 0. The van der Waals surface area contributed by atoms with Gasteiger partial charge in [0.25, 0.3) is 0 Å². The molecule has 0 radical (unpaired) electrons. The number of aromatic nitrogens is 2. The minimum Gasteiger partial charge on any atom is -0.494 e. The summed E-state index contributed by atoms with van der Waals surface area (Å²) in [6.45, 7) is 7.07. The fourth-order valence-corrected chi connectivity index (χ4v) is 2.91. The molecule has 1 aromatic heterocycles. The maximum absolute atomic E-state index is 12.4. The molecule has 1 saturated heterocycles. The predicted molar refractivity (Wildman–Crippen MR) is 101 cm³/mol. The van der Waals surface area contributed by atoms with E-state index < -0.39 is 0 Å². The number of carbonyl (C=O) groups excluding carboxylic acids is 1. The van der Waals surface area contributed by atoms with Crippen LogP contribution in [-0.2, 0) is 11.2 Å². The molecule has 0 aliphatic carbocycles. The lowest BCUT2D eigenvalue weighted by Crippen LogP contribution is -2.52. The molecule has 0 saturated carbocycles. The molecule has 0 spiro atoms. The van der Waals surface area contributed by atoms with E-state index in [4.69, 9.17) is 9.26 Å². The van der Waals surface area contributed by atoms with Gasteiger partial charge in [0.15, 0.2) is 0 Å². The van der Waals surface area contributed by atoms with Crippen molar-refractivity contribution in [3.8, 4) is 17.1 Å². The Kier molecular flexibility index (Phi) is 7.41. The predicted octanol–water partition coefficient (Wildman–Crippen LogP) is 2.31. The van der Waals surface area contributed by atoms with E-state index in [0.717, 1.165) is 30.9 Å². The van der Waals surface area contributed by atoms with Gasteiger partial charge in [-0.25, -0.2) is 0 Å². The third kappa shape index (κ3) is 4.95.